The van der Waals surface area contributed by atoms with E-state index in [1.54, 1.807) is 18.2 Å². The van der Waals surface area contributed by atoms with Gasteiger partial charge in [-0.15, -0.1) is 0 Å². The Morgan fingerprint density at radius 3 is 2.45 bits per heavy atom. The van der Waals surface area contributed by atoms with E-state index in [0.29, 0.717) is 17.0 Å². The number of aromatic nitrogens is 1. The summed E-state index contributed by atoms with van der Waals surface area (Å²) in [5.74, 6) is 0.632. The summed E-state index contributed by atoms with van der Waals surface area (Å²) in [4.78, 5) is 10.3. The van der Waals surface area contributed by atoms with Gasteiger partial charge in [0.2, 0.25) is 0 Å². The zero-order valence-corrected chi connectivity index (χ0v) is 10.4. The second-order valence-electron chi connectivity index (χ2n) is 4.25. The van der Waals surface area contributed by atoms with Crippen LogP contribution in [0.5, 0.6) is 0 Å². The summed E-state index contributed by atoms with van der Waals surface area (Å²) in [7, 11) is 0. The van der Waals surface area contributed by atoms with Gasteiger partial charge < -0.3 is 4.52 Å². The van der Waals surface area contributed by atoms with Crippen LogP contribution < -0.4 is 0 Å². The zero-order chi connectivity index (χ0) is 13.9. The Morgan fingerprint density at radius 1 is 0.950 bits per heavy atom. The van der Waals surface area contributed by atoms with Crippen LogP contribution in [-0.2, 0) is 0 Å². The van der Waals surface area contributed by atoms with Crippen molar-refractivity contribution < 1.29 is 9.45 Å². The number of nitro benzene ring substituents is 1. The third-order valence-corrected chi connectivity index (χ3v) is 2.92. The fraction of sp³-hybridized carbons (Fsp3) is 0. The molecule has 2 aromatic carbocycles. The molecule has 0 unspecified atom stereocenters. The molecule has 0 aliphatic rings. The number of nitro groups is 1. The smallest absolute Gasteiger partial charge is 0.270 e. The highest BCUT2D eigenvalue weighted by molar-refractivity contribution is 5.68. The molecule has 1 aromatic heterocycles. The van der Waals surface area contributed by atoms with Crippen molar-refractivity contribution in [2.75, 3.05) is 0 Å². The van der Waals surface area contributed by atoms with Crippen LogP contribution in [0.15, 0.2) is 65.2 Å². The van der Waals surface area contributed by atoms with Crippen LogP contribution in [-0.4, -0.2) is 10.1 Å². The molecule has 5 nitrogen and oxygen atoms in total. The SMILES string of the molecule is O=[N+]([O-])c1cccc(-c2cc(-c3ccccc3)on2)c1. The van der Waals surface area contributed by atoms with Gasteiger partial charge >= 0.3 is 0 Å². The molecule has 20 heavy (non-hydrogen) atoms. The van der Waals surface area contributed by atoms with Gasteiger partial charge in [0.15, 0.2) is 5.76 Å². The Kier molecular flexibility index (Phi) is 3.01. The number of nitrogens with zero attached hydrogens (tertiary/aromatic N) is 2. The lowest BCUT2D eigenvalue weighted by Gasteiger charge is -1.95. The van der Waals surface area contributed by atoms with E-state index in [4.69, 9.17) is 4.52 Å². The van der Waals surface area contributed by atoms with Crippen molar-refractivity contribution in [3.63, 3.8) is 0 Å². The molecule has 0 N–H and O–H groups in total. The molecule has 5 heteroatoms. The first-order chi connectivity index (χ1) is 9.74. The first-order valence-corrected chi connectivity index (χ1v) is 6.01. The van der Waals surface area contributed by atoms with Gasteiger partial charge in [-0.25, -0.2) is 0 Å². The zero-order valence-electron chi connectivity index (χ0n) is 10.4. The van der Waals surface area contributed by atoms with E-state index < -0.39 is 4.92 Å². The van der Waals surface area contributed by atoms with Crippen molar-refractivity contribution in [2.45, 2.75) is 0 Å². The van der Waals surface area contributed by atoms with Gasteiger partial charge in [-0.3, -0.25) is 10.1 Å². The van der Waals surface area contributed by atoms with Crippen LogP contribution >= 0.6 is 0 Å². The van der Waals surface area contributed by atoms with Crippen LogP contribution in [0.25, 0.3) is 22.6 Å². The number of hydrogen-bond donors (Lipinski definition) is 0. The summed E-state index contributed by atoms with van der Waals surface area (Å²) in [5, 5.41) is 14.7. The second kappa shape index (κ2) is 4.97. The third-order valence-electron chi connectivity index (χ3n) is 2.92. The average Bonchev–Trinajstić information content (AvgIpc) is 2.98. The molecule has 0 fully saturated rings. The minimum absolute atomic E-state index is 0.0340. The van der Waals surface area contributed by atoms with Gasteiger partial charge in [-0.1, -0.05) is 47.6 Å². The average molecular weight is 266 g/mol. The van der Waals surface area contributed by atoms with Crippen LogP contribution in [0.3, 0.4) is 0 Å². The molecular weight excluding hydrogens is 256 g/mol. The van der Waals surface area contributed by atoms with Gasteiger partial charge in [0.1, 0.15) is 5.69 Å². The summed E-state index contributed by atoms with van der Waals surface area (Å²) in [6, 6.07) is 17.7. The van der Waals surface area contributed by atoms with Crippen molar-refractivity contribution in [3.8, 4) is 22.6 Å². The minimum atomic E-state index is -0.429. The Bertz CT molecular complexity index is 751. The van der Waals surface area contributed by atoms with Gasteiger partial charge in [0.25, 0.3) is 5.69 Å². The molecule has 0 aliphatic carbocycles. The standard InChI is InChI=1S/C15H10N2O3/c18-17(19)13-8-4-7-12(9-13)14-10-15(20-16-14)11-5-2-1-3-6-11/h1-10H. The Balaban J connectivity index is 1.98. The fourth-order valence-electron chi connectivity index (χ4n) is 1.93. The number of non-ortho nitro benzene ring substituents is 1. The van der Waals surface area contributed by atoms with Crippen molar-refractivity contribution in [2.24, 2.45) is 0 Å². The normalized spacial score (nSPS) is 10.4. The molecule has 0 atom stereocenters. The second-order valence-corrected chi connectivity index (χ2v) is 4.25. The molecule has 0 aliphatic heterocycles. The molecule has 0 saturated carbocycles. The van der Waals surface area contributed by atoms with E-state index in [0.717, 1.165) is 5.56 Å². The first-order valence-electron chi connectivity index (χ1n) is 6.01. The minimum Gasteiger partial charge on any atom is -0.356 e. The molecule has 1 heterocycles. The van der Waals surface area contributed by atoms with E-state index in [9.17, 15) is 10.1 Å². The van der Waals surface area contributed by atoms with Gasteiger partial charge in [0, 0.05) is 29.3 Å². The summed E-state index contributed by atoms with van der Waals surface area (Å²) in [5.41, 5.74) is 2.18. The lowest BCUT2D eigenvalue weighted by Crippen LogP contribution is -1.87. The number of rotatable bonds is 3. The van der Waals surface area contributed by atoms with Crippen molar-refractivity contribution in [1.29, 1.82) is 0 Å². The molecule has 3 rings (SSSR count). The van der Waals surface area contributed by atoms with E-state index in [1.165, 1.54) is 12.1 Å². The molecule has 0 bridgehead atoms. The van der Waals surface area contributed by atoms with Crippen molar-refractivity contribution >= 4 is 5.69 Å². The maximum atomic E-state index is 10.8. The molecule has 0 saturated heterocycles. The Labute approximate surface area is 114 Å². The van der Waals surface area contributed by atoms with Crippen molar-refractivity contribution in [3.05, 3.63) is 70.8 Å². The van der Waals surface area contributed by atoms with E-state index in [2.05, 4.69) is 5.16 Å². The largest absolute Gasteiger partial charge is 0.356 e. The van der Waals surface area contributed by atoms with Gasteiger partial charge in [-0.2, -0.15) is 0 Å². The monoisotopic (exact) mass is 266 g/mol. The number of benzene rings is 2. The van der Waals surface area contributed by atoms with Crippen LogP contribution in [0, 0.1) is 10.1 Å². The predicted octanol–water partition coefficient (Wildman–Crippen LogP) is 3.92. The van der Waals surface area contributed by atoms with Crippen LogP contribution in [0.4, 0.5) is 5.69 Å². The van der Waals surface area contributed by atoms with Crippen molar-refractivity contribution in [1.82, 2.24) is 5.16 Å². The quantitative estimate of drug-likeness (QED) is 0.532. The van der Waals surface area contributed by atoms with Crippen LogP contribution in [0.1, 0.15) is 0 Å². The van der Waals surface area contributed by atoms with Crippen LogP contribution in [0.2, 0.25) is 0 Å². The molecule has 0 spiro atoms. The maximum absolute atomic E-state index is 10.8. The maximum Gasteiger partial charge on any atom is 0.270 e. The molecule has 3 aromatic rings. The first kappa shape index (κ1) is 12.1. The highest BCUT2D eigenvalue weighted by Crippen LogP contribution is 2.27. The summed E-state index contributed by atoms with van der Waals surface area (Å²) in [6.07, 6.45) is 0. The molecular formula is C15H10N2O3. The number of hydrogen-bond acceptors (Lipinski definition) is 4. The highest BCUT2D eigenvalue weighted by Gasteiger charge is 2.11. The van der Waals surface area contributed by atoms with Gasteiger partial charge in [0.05, 0.1) is 4.92 Å². The third kappa shape index (κ3) is 2.29. The summed E-state index contributed by atoms with van der Waals surface area (Å²) >= 11 is 0. The Hall–Kier alpha value is -2.95. The molecule has 0 amide bonds. The predicted molar refractivity (Wildman–Crippen MR) is 74.0 cm³/mol. The lowest BCUT2D eigenvalue weighted by molar-refractivity contribution is -0.384. The molecule has 0 radical (unpaired) electrons. The summed E-state index contributed by atoms with van der Waals surface area (Å²) in [6.45, 7) is 0. The lowest BCUT2D eigenvalue weighted by atomic mass is 10.1. The fourth-order valence-corrected chi connectivity index (χ4v) is 1.93. The summed E-state index contributed by atoms with van der Waals surface area (Å²) < 4.78 is 5.29. The topological polar surface area (TPSA) is 69.2 Å². The van der Waals surface area contributed by atoms with E-state index >= 15 is 0 Å². The van der Waals surface area contributed by atoms with E-state index in [1.807, 2.05) is 30.3 Å². The highest BCUT2D eigenvalue weighted by atomic mass is 16.6. The van der Waals surface area contributed by atoms with E-state index in [-0.39, 0.29) is 5.69 Å². The molecule has 98 valence electrons. The Morgan fingerprint density at radius 2 is 1.70 bits per heavy atom. The van der Waals surface area contributed by atoms with Gasteiger partial charge in [-0.05, 0) is 0 Å².